The molecular formula is C17H15ClO2. The van der Waals surface area contributed by atoms with E-state index in [4.69, 9.17) is 16.3 Å². The zero-order valence-corrected chi connectivity index (χ0v) is 11.8. The predicted molar refractivity (Wildman–Crippen MR) is 79.5 cm³/mol. The molecule has 0 heterocycles. The number of fused-ring (bicyclic) bond motifs is 1. The summed E-state index contributed by atoms with van der Waals surface area (Å²) >= 11 is 5.96. The normalized spacial score (nSPS) is 13.9. The van der Waals surface area contributed by atoms with Crippen LogP contribution in [0.1, 0.15) is 34.3 Å². The molecule has 0 amide bonds. The number of carbonyl (C=O) groups is 1. The van der Waals surface area contributed by atoms with E-state index >= 15 is 0 Å². The number of halogens is 1. The van der Waals surface area contributed by atoms with Gasteiger partial charge in [-0.3, -0.25) is 4.79 Å². The third-order valence-electron chi connectivity index (χ3n) is 3.55. The largest absolute Gasteiger partial charge is 0.489 e. The standard InChI is InChI=1S/C17H15ClO2/c18-13-5-1-4-12(10-13)11-20-17-9-3-6-14-15(17)7-2-8-16(14)19/h1,3-6,9-10H,2,7-8,11H2. The monoisotopic (exact) mass is 286 g/mol. The molecule has 0 saturated carbocycles. The number of ether oxygens (including phenoxy) is 1. The number of benzene rings is 2. The van der Waals surface area contributed by atoms with Crippen molar-refractivity contribution in [1.82, 2.24) is 0 Å². The Morgan fingerprint density at radius 2 is 1.95 bits per heavy atom. The van der Waals surface area contributed by atoms with E-state index in [2.05, 4.69) is 0 Å². The SMILES string of the molecule is O=C1CCCc2c(OCc3cccc(Cl)c3)cccc21. The second-order valence-electron chi connectivity index (χ2n) is 4.98. The van der Waals surface area contributed by atoms with E-state index in [1.54, 1.807) is 0 Å². The minimum atomic E-state index is 0.222. The summed E-state index contributed by atoms with van der Waals surface area (Å²) in [5, 5.41) is 0.705. The lowest BCUT2D eigenvalue weighted by Crippen LogP contribution is -2.12. The second-order valence-corrected chi connectivity index (χ2v) is 5.41. The van der Waals surface area contributed by atoms with Gasteiger partial charge in [0, 0.05) is 22.6 Å². The van der Waals surface area contributed by atoms with Gasteiger partial charge in [0.25, 0.3) is 0 Å². The Kier molecular flexibility index (Phi) is 3.75. The van der Waals surface area contributed by atoms with Crippen molar-refractivity contribution in [2.45, 2.75) is 25.9 Å². The predicted octanol–water partition coefficient (Wildman–Crippen LogP) is 4.44. The Bertz CT molecular complexity index is 649. The fourth-order valence-corrected chi connectivity index (χ4v) is 2.78. The maximum absolute atomic E-state index is 11.9. The fourth-order valence-electron chi connectivity index (χ4n) is 2.57. The molecule has 2 aromatic carbocycles. The third kappa shape index (κ3) is 2.70. The summed E-state index contributed by atoms with van der Waals surface area (Å²) in [6.45, 7) is 0.463. The minimum absolute atomic E-state index is 0.222. The van der Waals surface area contributed by atoms with Crippen LogP contribution in [0, 0.1) is 0 Å². The van der Waals surface area contributed by atoms with Gasteiger partial charge in [0.1, 0.15) is 12.4 Å². The highest BCUT2D eigenvalue weighted by Gasteiger charge is 2.20. The van der Waals surface area contributed by atoms with Crippen LogP contribution in [0.25, 0.3) is 0 Å². The molecule has 3 rings (SSSR count). The highest BCUT2D eigenvalue weighted by molar-refractivity contribution is 6.30. The van der Waals surface area contributed by atoms with Crippen molar-refractivity contribution in [3.8, 4) is 5.75 Å². The summed E-state index contributed by atoms with van der Waals surface area (Å²) in [6.07, 6.45) is 2.46. The molecule has 0 bridgehead atoms. The van der Waals surface area contributed by atoms with Crippen LogP contribution in [0.3, 0.4) is 0 Å². The molecule has 1 aliphatic rings. The highest BCUT2D eigenvalue weighted by Crippen LogP contribution is 2.30. The lowest BCUT2D eigenvalue weighted by atomic mass is 9.90. The zero-order chi connectivity index (χ0) is 13.9. The molecule has 1 aliphatic carbocycles. The van der Waals surface area contributed by atoms with E-state index in [1.165, 1.54) is 0 Å². The minimum Gasteiger partial charge on any atom is -0.489 e. The molecule has 3 heteroatoms. The van der Waals surface area contributed by atoms with E-state index in [0.717, 1.165) is 35.3 Å². The first-order chi connectivity index (χ1) is 9.74. The van der Waals surface area contributed by atoms with Crippen molar-refractivity contribution in [3.63, 3.8) is 0 Å². The number of hydrogen-bond donors (Lipinski definition) is 0. The molecule has 0 saturated heterocycles. The van der Waals surface area contributed by atoms with E-state index in [0.29, 0.717) is 18.1 Å². The average Bonchev–Trinajstić information content (AvgIpc) is 2.46. The maximum atomic E-state index is 11.9. The summed E-state index contributed by atoms with van der Waals surface area (Å²) in [7, 11) is 0. The van der Waals surface area contributed by atoms with E-state index < -0.39 is 0 Å². The molecule has 0 atom stereocenters. The Morgan fingerprint density at radius 3 is 2.80 bits per heavy atom. The highest BCUT2D eigenvalue weighted by atomic mass is 35.5. The van der Waals surface area contributed by atoms with E-state index in [-0.39, 0.29) is 5.78 Å². The first kappa shape index (κ1) is 13.2. The molecule has 20 heavy (non-hydrogen) atoms. The molecule has 0 spiro atoms. The van der Waals surface area contributed by atoms with Crippen LogP contribution in [-0.2, 0) is 13.0 Å². The fraction of sp³-hybridized carbons (Fsp3) is 0.235. The van der Waals surface area contributed by atoms with Crippen molar-refractivity contribution in [2.75, 3.05) is 0 Å². The Balaban J connectivity index is 1.81. The zero-order valence-electron chi connectivity index (χ0n) is 11.1. The second kappa shape index (κ2) is 5.68. The van der Waals surface area contributed by atoms with Crippen LogP contribution in [0.2, 0.25) is 5.02 Å². The van der Waals surface area contributed by atoms with Gasteiger partial charge in [0.2, 0.25) is 0 Å². The number of ketones is 1. The van der Waals surface area contributed by atoms with Crippen molar-refractivity contribution in [1.29, 1.82) is 0 Å². The molecule has 0 radical (unpaired) electrons. The van der Waals surface area contributed by atoms with Gasteiger partial charge in [-0.25, -0.2) is 0 Å². The molecule has 2 aromatic rings. The molecular weight excluding hydrogens is 272 g/mol. The van der Waals surface area contributed by atoms with Gasteiger partial charge >= 0.3 is 0 Å². The van der Waals surface area contributed by atoms with Gasteiger partial charge in [0.05, 0.1) is 0 Å². The van der Waals surface area contributed by atoms with Crippen LogP contribution < -0.4 is 4.74 Å². The Labute approximate surface area is 123 Å². The maximum Gasteiger partial charge on any atom is 0.163 e. The third-order valence-corrected chi connectivity index (χ3v) is 3.78. The lowest BCUT2D eigenvalue weighted by Gasteiger charge is -2.18. The number of Topliss-reactive ketones (excluding diaryl/α,β-unsaturated/α-hetero) is 1. The van der Waals surface area contributed by atoms with Crippen LogP contribution in [-0.4, -0.2) is 5.78 Å². The average molecular weight is 287 g/mol. The van der Waals surface area contributed by atoms with Crippen LogP contribution >= 0.6 is 11.6 Å². The first-order valence-electron chi connectivity index (χ1n) is 6.76. The molecule has 2 nitrogen and oxygen atoms in total. The molecule has 0 aliphatic heterocycles. The smallest absolute Gasteiger partial charge is 0.163 e. The quantitative estimate of drug-likeness (QED) is 0.834. The molecule has 0 fully saturated rings. The van der Waals surface area contributed by atoms with E-state index in [9.17, 15) is 4.79 Å². The van der Waals surface area contributed by atoms with Crippen molar-refractivity contribution >= 4 is 17.4 Å². The molecule has 0 unspecified atom stereocenters. The van der Waals surface area contributed by atoms with E-state index in [1.807, 2.05) is 42.5 Å². The summed E-state index contributed by atoms with van der Waals surface area (Å²) in [6, 6.07) is 13.3. The number of carbonyl (C=O) groups excluding carboxylic acids is 1. The van der Waals surface area contributed by atoms with Crippen LogP contribution in [0.5, 0.6) is 5.75 Å². The molecule has 0 aromatic heterocycles. The Hall–Kier alpha value is -1.80. The Morgan fingerprint density at radius 1 is 1.10 bits per heavy atom. The van der Waals surface area contributed by atoms with Gasteiger partial charge in [-0.05, 0) is 36.6 Å². The summed E-state index contributed by atoms with van der Waals surface area (Å²) in [5.74, 6) is 1.04. The van der Waals surface area contributed by atoms with Crippen LogP contribution in [0.15, 0.2) is 42.5 Å². The number of hydrogen-bond acceptors (Lipinski definition) is 2. The van der Waals surface area contributed by atoms with Crippen molar-refractivity contribution in [2.24, 2.45) is 0 Å². The lowest BCUT2D eigenvalue weighted by molar-refractivity contribution is 0.0971. The van der Waals surface area contributed by atoms with Crippen molar-refractivity contribution < 1.29 is 9.53 Å². The molecule has 0 N–H and O–H groups in total. The van der Waals surface area contributed by atoms with Gasteiger partial charge in [-0.15, -0.1) is 0 Å². The summed E-state index contributed by atoms with van der Waals surface area (Å²) in [4.78, 5) is 11.9. The summed E-state index contributed by atoms with van der Waals surface area (Å²) in [5.41, 5.74) is 2.89. The van der Waals surface area contributed by atoms with Gasteiger partial charge in [0.15, 0.2) is 5.78 Å². The van der Waals surface area contributed by atoms with Gasteiger partial charge in [-0.2, -0.15) is 0 Å². The topological polar surface area (TPSA) is 26.3 Å². The van der Waals surface area contributed by atoms with Gasteiger partial charge in [-0.1, -0.05) is 35.9 Å². The number of rotatable bonds is 3. The van der Waals surface area contributed by atoms with Crippen molar-refractivity contribution in [3.05, 3.63) is 64.2 Å². The molecule has 102 valence electrons. The summed E-state index contributed by atoms with van der Waals surface area (Å²) < 4.78 is 5.88. The van der Waals surface area contributed by atoms with Gasteiger partial charge < -0.3 is 4.74 Å². The van der Waals surface area contributed by atoms with Crippen LogP contribution in [0.4, 0.5) is 0 Å². The first-order valence-corrected chi connectivity index (χ1v) is 7.14.